The summed E-state index contributed by atoms with van der Waals surface area (Å²) in [5, 5.41) is -0.370. The minimum Gasteiger partial charge on any atom is -0.341 e. The van der Waals surface area contributed by atoms with Crippen molar-refractivity contribution in [1.82, 2.24) is 9.80 Å². The smallest absolute Gasteiger partial charge is 0.294 e. The van der Waals surface area contributed by atoms with Crippen LogP contribution < -0.4 is 0 Å². The maximum absolute atomic E-state index is 12.5. The molecule has 2 heterocycles. The van der Waals surface area contributed by atoms with Crippen molar-refractivity contribution in [1.29, 1.82) is 0 Å². The summed E-state index contributed by atoms with van der Waals surface area (Å²) in [6.07, 6.45) is 5.94. The number of rotatable bonds is 3. The van der Waals surface area contributed by atoms with E-state index in [1.165, 1.54) is 0 Å². The van der Waals surface area contributed by atoms with Gasteiger partial charge in [-0.05, 0) is 71.0 Å². The van der Waals surface area contributed by atoms with Gasteiger partial charge in [-0.25, -0.2) is 0 Å². The molecule has 0 bridgehead atoms. The normalized spacial score (nSPS) is 20.3. The van der Waals surface area contributed by atoms with Crippen LogP contribution in [0.5, 0.6) is 0 Å². The van der Waals surface area contributed by atoms with Crippen LogP contribution in [0.4, 0.5) is 4.79 Å². The Morgan fingerprint density at radius 3 is 2.36 bits per heavy atom. The van der Waals surface area contributed by atoms with Crippen LogP contribution in [-0.4, -0.2) is 46.5 Å². The van der Waals surface area contributed by atoms with E-state index in [2.05, 4.69) is 22.6 Å². The van der Waals surface area contributed by atoms with E-state index in [4.69, 9.17) is 0 Å². The Hall–Kier alpha value is -1.35. The Labute approximate surface area is 164 Å². The number of thioether (sulfide) groups is 1. The molecule has 0 aromatic heterocycles. The van der Waals surface area contributed by atoms with Gasteiger partial charge in [0.05, 0.1) is 4.91 Å². The lowest BCUT2D eigenvalue weighted by Crippen LogP contribution is -2.42. The predicted octanol–water partition coefficient (Wildman–Crippen LogP) is 3.73. The van der Waals surface area contributed by atoms with Crippen molar-refractivity contribution in [3.8, 4) is 0 Å². The highest BCUT2D eigenvalue weighted by molar-refractivity contribution is 14.1. The first-order chi connectivity index (χ1) is 12.0. The Morgan fingerprint density at radius 2 is 1.72 bits per heavy atom. The molecule has 3 amide bonds. The number of hydrogen-bond donors (Lipinski definition) is 0. The maximum atomic E-state index is 12.5. The molecule has 2 saturated heterocycles. The van der Waals surface area contributed by atoms with Crippen molar-refractivity contribution in [2.45, 2.75) is 25.7 Å². The number of imide groups is 1. The molecule has 0 atom stereocenters. The molecular weight excluding hydrogens is 451 g/mol. The fraction of sp³-hybridized carbons (Fsp3) is 0.389. The maximum Gasteiger partial charge on any atom is 0.294 e. The molecule has 3 rings (SSSR count). The van der Waals surface area contributed by atoms with Gasteiger partial charge in [-0.15, -0.1) is 0 Å². The van der Waals surface area contributed by atoms with Crippen LogP contribution in [0.1, 0.15) is 31.2 Å². The zero-order valence-corrected chi connectivity index (χ0v) is 16.7. The highest BCUT2D eigenvalue weighted by Crippen LogP contribution is 2.32. The van der Waals surface area contributed by atoms with Crippen LogP contribution >= 0.6 is 34.4 Å². The number of carbonyl (C=O) groups excluding carboxylic acids is 3. The molecule has 0 N–H and O–H groups in total. The van der Waals surface area contributed by atoms with E-state index in [9.17, 15) is 14.4 Å². The summed E-state index contributed by atoms with van der Waals surface area (Å²) >= 11 is 3.11. The molecule has 1 aromatic carbocycles. The molecule has 132 valence electrons. The fourth-order valence-corrected chi connectivity index (χ4v) is 4.10. The topological polar surface area (TPSA) is 57.7 Å². The number of amides is 3. The van der Waals surface area contributed by atoms with Crippen LogP contribution in [0.3, 0.4) is 0 Å². The number of hydrogen-bond acceptors (Lipinski definition) is 4. The second-order valence-electron chi connectivity index (χ2n) is 6.11. The van der Waals surface area contributed by atoms with E-state index >= 15 is 0 Å². The van der Waals surface area contributed by atoms with Crippen molar-refractivity contribution >= 4 is 57.5 Å². The predicted molar refractivity (Wildman–Crippen MR) is 107 cm³/mol. The fourth-order valence-electron chi connectivity index (χ4n) is 2.90. The summed E-state index contributed by atoms with van der Waals surface area (Å²) in [7, 11) is 0. The van der Waals surface area contributed by atoms with E-state index in [1.807, 2.05) is 24.3 Å². The molecule has 25 heavy (non-hydrogen) atoms. The number of benzene rings is 1. The van der Waals surface area contributed by atoms with Crippen molar-refractivity contribution in [2.75, 3.05) is 19.6 Å². The zero-order chi connectivity index (χ0) is 17.8. The Kier molecular flexibility index (Phi) is 6.16. The van der Waals surface area contributed by atoms with Gasteiger partial charge in [-0.1, -0.05) is 25.0 Å². The number of halogens is 1. The van der Waals surface area contributed by atoms with Crippen LogP contribution in [0.25, 0.3) is 6.08 Å². The van der Waals surface area contributed by atoms with Crippen LogP contribution in [0, 0.1) is 3.57 Å². The molecular formula is C18H19IN2O3S. The highest BCUT2D eigenvalue weighted by atomic mass is 127. The lowest BCUT2D eigenvalue weighted by atomic mass is 10.2. The molecule has 0 spiro atoms. The number of nitrogens with zero attached hydrogens (tertiary/aromatic N) is 2. The molecule has 2 fully saturated rings. The Balaban J connectivity index is 1.68. The summed E-state index contributed by atoms with van der Waals surface area (Å²) in [4.78, 5) is 40.4. The van der Waals surface area contributed by atoms with E-state index in [0.29, 0.717) is 18.0 Å². The van der Waals surface area contributed by atoms with Gasteiger partial charge in [0.2, 0.25) is 5.91 Å². The van der Waals surface area contributed by atoms with Gasteiger partial charge in [-0.2, -0.15) is 0 Å². The van der Waals surface area contributed by atoms with Gasteiger partial charge < -0.3 is 4.90 Å². The first kappa shape index (κ1) is 18.4. The van der Waals surface area contributed by atoms with Gasteiger partial charge in [0.1, 0.15) is 6.54 Å². The number of carbonyl (C=O) groups is 3. The third kappa shape index (κ3) is 4.63. The van der Waals surface area contributed by atoms with Crippen LogP contribution in [-0.2, 0) is 9.59 Å². The molecule has 7 heteroatoms. The third-order valence-corrected chi connectivity index (χ3v) is 5.92. The molecule has 2 aliphatic heterocycles. The minimum absolute atomic E-state index is 0.139. The largest absolute Gasteiger partial charge is 0.341 e. The summed E-state index contributed by atoms with van der Waals surface area (Å²) in [6, 6.07) is 7.69. The van der Waals surface area contributed by atoms with Crippen molar-refractivity contribution in [3.05, 3.63) is 38.3 Å². The van der Waals surface area contributed by atoms with Crippen molar-refractivity contribution in [3.63, 3.8) is 0 Å². The van der Waals surface area contributed by atoms with Crippen molar-refractivity contribution in [2.24, 2.45) is 0 Å². The van der Waals surface area contributed by atoms with Crippen LogP contribution in [0.2, 0.25) is 0 Å². The Bertz CT molecular complexity index is 710. The summed E-state index contributed by atoms with van der Waals surface area (Å²) in [5.74, 6) is -0.517. The van der Waals surface area contributed by atoms with E-state index < -0.39 is 0 Å². The summed E-state index contributed by atoms with van der Waals surface area (Å²) in [5.41, 5.74) is 0.866. The average molecular weight is 470 g/mol. The first-order valence-corrected chi connectivity index (χ1v) is 10.2. The molecule has 1 aromatic rings. The van der Waals surface area contributed by atoms with Gasteiger partial charge in [0, 0.05) is 16.7 Å². The average Bonchev–Trinajstić information content (AvgIpc) is 2.80. The van der Waals surface area contributed by atoms with Gasteiger partial charge >= 0.3 is 0 Å². The molecule has 5 nitrogen and oxygen atoms in total. The standard InChI is InChI=1S/C18H19IN2O3S/c19-14-7-5-13(6-8-14)11-15-17(23)21(18(24)25-15)12-16(22)20-9-3-1-2-4-10-20/h5-8,11H,1-4,9-10,12H2. The lowest BCUT2D eigenvalue weighted by Gasteiger charge is -2.22. The third-order valence-electron chi connectivity index (χ3n) is 4.29. The van der Waals surface area contributed by atoms with Gasteiger partial charge in [0.25, 0.3) is 11.1 Å². The van der Waals surface area contributed by atoms with Crippen LogP contribution in [0.15, 0.2) is 29.2 Å². The monoisotopic (exact) mass is 470 g/mol. The molecule has 0 saturated carbocycles. The molecule has 0 radical (unpaired) electrons. The van der Waals surface area contributed by atoms with E-state index in [0.717, 1.165) is 51.5 Å². The van der Waals surface area contributed by atoms with E-state index in [-0.39, 0.29) is 23.6 Å². The quantitative estimate of drug-likeness (QED) is 0.499. The lowest BCUT2D eigenvalue weighted by molar-refractivity contribution is -0.135. The number of likely N-dealkylation sites (tertiary alicyclic amines) is 1. The SMILES string of the molecule is O=C(CN1C(=O)SC(=Cc2ccc(I)cc2)C1=O)N1CCCCCC1. The van der Waals surface area contributed by atoms with Gasteiger partial charge in [0.15, 0.2) is 0 Å². The highest BCUT2D eigenvalue weighted by Gasteiger charge is 2.37. The molecule has 2 aliphatic rings. The first-order valence-electron chi connectivity index (χ1n) is 8.33. The van der Waals surface area contributed by atoms with Gasteiger partial charge in [-0.3, -0.25) is 19.3 Å². The second-order valence-corrected chi connectivity index (χ2v) is 8.35. The summed E-state index contributed by atoms with van der Waals surface area (Å²) < 4.78 is 1.10. The van der Waals surface area contributed by atoms with E-state index in [1.54, 1.807) is 11.0 Å². The molecule has 0 aliphatic carbocycles. The van der Waals surface area contributed by atoms with Crippen molar-refractivity contribution < 1.29 is 14.4 Å². The minimum atomic E-state index is -0.378. The Morgan fingerprint density at radius 1 is 1.08 bits per heavy atom. The molecule has 0 unspecified atom stereocenters. The second kappa shape index (κ2) is 8.35. The summed E-state index contributed by atoms with van der Waals surface area (Å²) in [6.45, 7) is 1.27. The zero-order valence-electron chi connectivity index (χ0n) is 13.7.